The van der Waals surface area contributed by atoms with Crippen LogP contribution < -0.4 is 10.9 Å². The van der Waals surface area contributed by atoms with Gasteiger partial charge in [-0.2, -0.15) is 0 Å². The largest absolute Gasteiger partial charge is 0.324 e. The van der Waals surface area contributed by atoms with Gasteiger partial charge in [0.05, 0.1) is 11.7 Å². The minimum atomic E-state index is -0.708. The van der Waals surface area contributed by atoms with Gasteiger partial charge < -0.3 is 5.32 Å². The molecular formula is C24H21N3O3S. The highest BCUT2D eigenvalue weighted by atomic mass is 32.1. The lowest BCUT2D eigenvalue weighted by atomic mass is 10.1. The van der Waals surface area contributed by atoms with E-state index in [0.717, 1.165) is 11.1 Å². The molecule has 31 heavy (non-hydrogen) atoms. The highest BCUT2D eigenvalue weighted by molar-refractivity contribution is 7.17. The Morgan fingerprint density at radius 1 is 1.10 bits per heavy atom. The Hall–Kier alpha value is -3.58. The summed E-state index contributed by atoms with van der Waals surface area (Å²) < 4.78 is 1.40. The van der Waals surface area contributed by atoms with Crippen molar-refractivity contribution in [2.24, 2.45) is 0 Å². The second-order valence-corrected chi connectivity index (χ2v) is 8.06. The predicted octanol–water partition coefficient (Wildman–Crippen LogP) is 4.92. The van der Waals surface area contributed by atoms with Crippen LogP contribution >= 0.6 is 11.3 Å². The molecule has 1 atom stereocenters. The second kappa shape index (κ2) is 8.65. The van der Waals surface area contributed by atoms with Crippen molar-refractivity contribution in [3.05, 3.63) is 82.2 Å². The number of fused-ring (bicyclic) bond motifs is 1. The molecule has 2 aromatic heterocycles. The van der Waals surface area contributed by atoms with E-state index < -0.39 is 6.04 Å². The topological polar surface area (TPSA) is 81.1 Å². The molecule has 2 heterocycles. The number of aromatic nitrogens is 2. The van der Waals surface area contributed by atoms with Gasteiger partial charge >= 0.3 is 0 Å². The number of carbonyl (C=O) groups is 2. The Balaban J connectivity index is 1.69. The molecule has 0 fully saturated rings. The molecule has 0 saturated heterocycles. The van der Waals surface area contributed by atoms with E-state index in [1.54, 1.807) is 24.3 Å². The molecule has 1 N–H and O–H groups in total. The van der Waals surface area contributed by atoms with Crippen LogP contribution in [-0.4, -0.2) is 21.2 Å². The highest BCUT2D eigenvalue weighted by Gasteiger charge is 2.23. The van der Waals surface area contributed by atoms with Gasteiger partial charge in [-0.05, 0) is 43.2 Å². The fourth-order valence-corrected chi connectivity index (χ4v) is 4.43. The van der Waals surface area contributed by atoms with E-state index in [1.165, 1.54) is 29.2 Å². The molecule has 0 radical (unpaired) electrons. The van der Waals surface area contributed by atoms with Crippen LogP contribution in [0.3, 0.4) is 0 Å². The maximum atomic E-state index is 13.4. The first kappa shape index (κ1) is 20.7. The van der Waals surface area contributed by atoms with Crippen LogP contribution in [-0.2, 0) is 4.79 Å². The second-order valence-electron chi connectivity index (χ2n) is 7.20. The van der Waals surface area contributed by atoms with Crippen LogP contribution in [0, 0.1) is 0 Å². The van der Waals surface area contributed by atoms with E-state index in [1.807, 2.05) is 42.6 Å². The number of hydrogen-bond acceptors (Lipinski definition) is 5. The van der Waals surface area contributed by atoms with Crippen LogP contribution in [0.5, 0.6) is 0 Å². The first-order chi connectivity index (χ1) is 15.0. The van der Waals surface area contributed by atoms with Crippen molar-refractivity contribution in [3.8, 4) is 11.1 Å². The number of nitrogens with one attached hydrogen (secondary N) is 1. The van der Waals surface area contributed by atoms with Gasteiger partial charge in [0.15, 0.2) is 5.78 Å². The molecule has 1 amide bonds. The van der Waals surface area contributed by atoms with Crippen LogP contribution in [0.15, 0.2) is 71.1 Å². The number of hydrogen-bond donors (Lipinski definition) is 1. The lowest BCUT2D eigenvalue weighted by Gasteiger charge is -2.18. The first-order valence-corrected chi connectivity index (χ1v) is 10.8. The maximum absolute atomic E-state index is 13.4. The Morgan fingerprint density at radius 2 is 1.81 bits per heavy atom. The van der Waals surface area contributed by atoms with Crippen molar-refractivity contribution in [2.75, 3.05) is 5.32 Å². The Bertz CT molecular complexity index is 1310. The third-order valence-corrected chi connectivity index (χ3v) is 6.07. The zero-order chi connectivity index (χ0) is 22.0. The molecule has 1 unspecified atom stereocenters. The molecule has 6 nitrogen and oxygen atoms in total. The summed E-state index contributed by atoms with van der Waals surface area (Å²) in [6.45, 7) is 3.34. The zero-order valence-corrected chi connectivity index (χ0v) is 18.0. The van der Waals surface area contributed by atoms with Crippen molar-refractivity contribution in [3.63, 3.8) is 0 Å². The monoisotopic (exact) mass is 431 g/mol. The van der Waals surface area contributed by atoms with E-state index in [9.17, 15) is 14.4 Å². The van der Waals surface area contributed by atoms with Gasteiger partial charge in [0, 0.05) is 22.2 Å². The van der Waals surface area contributed by atoms with Crippen LogP contribution in [0.1, 0.15) is 36.7 Å². The summed E-state index contributed by atoms with van der Waals surface area (Å²) in [6.07, 6.45) is 1.87. The van der Waals surface area contributed by atoms with Crippen molar-refractivity contribution in [1.29, 1.82) is 0 Å². The van der Waals surface area contributed by atoms with E-state index in [0.29, 0.717) is 27.9 Å². The van der Waals surface area contributed by atoms with Gasteiger partial charge in [0.2, 0.25) is 5.91 Å². The van der Waals surface area contributed by atoms with Crippen molar-refractivity contribution < 1.29 is 9.59 Å². The highest BCUT2D eigenvalue weighted by Crippen LogP contribution is 2.30. The smallest absolute Gasteiger partial charge is 0.263 e. The third kappa shape index (κ3) is 4.04. The van der Waals surface area contributed by atoms with Crippen molar-refractivity contribution in [2.45, 2.75) is 26.3 Å². The molecule has 0 saturated carbocycles. The van der Waals surface area contributed by atoms with Crippen LogP contribution in [0.4, 0.5) is 5.69 Å². The summed E-state index contributed by atoms with van der Waals surface area (Å²) in [5.74, 6) is -0.349. The predicted molar refractivity (Wildman–Crippen MR) is 124 cm³/mol. The SMILES string of the molecule is CCC(C(=O)Nc1ccc(C(C)=O)cc1)n1cnc2scc(-c3ccccc3)c2c1=O. The Morgan fingerprint density at radius 3 is 2.45 bits per heavy atom. The lowest BCUT2D eigenvalue weighted by molar-refractivity contribution is -0.119. The lowest BCUT2D eigenvalue weighted by Crippen LogP contribution is -2.33. The summed E-state index contributed by atoms with van der Waals surface area (Å²) in [4.78, 5) is 42.9. The summed E-state index contributed by atoms with van der Waals surface area (Å²) in [5, 5.41) is 5.29. The number of thiophene rings is 1. The average Bonchev–Trinajstić information content (AvgIpc) is 3.22. The average molecular weight is 432 g/mol. The molecule has 0 bridgehead atoms. The van der Waals surface area contributed by atoms with Gasteiger partial charge in [-0.3, -0.25) is 19.0 Å². The van der Waals surface area contributed by atoms with Gasteiger partial charge in [-0.15, -0.1) is 11.3 Å². The van der Waals surface area contributed by atoms with Gasteiger partial charge in [-0.1, -0.05) is 37.3 Å². The Labute approximate surface area is 183 Å². The van der Waals surface area contributed by atoms with Gasteiger partial charge in [-0.25, -0.2) is 4.98 Å². The molecule has 4 rings (SSSR count). The number of ketones is 1. The zero-order valence-electron chi connectivity index (χ0n) is 17.2. The summed E-state index contributed by atoms with van der Waals surface area (Å²) >= 11 is 1.41. The number of anilines is 1. The van der Waals surface area contributed by atoms with Crippen molar-refractivity contribution >= 4 is 38.9 Å². The van der Waals surface area contributed by atoms with Crippen LogP contribution in [0.25, 0.3) is 21.3 Å². The molecular weight excluding hydrogens is 410 g/mol. The molecule has 0 aliphatic heterocycles. The summed E-state index contributed by atoms with van der Waals surface area (Å²) in [5.41, 5.74) is 2.66. The normalized spacial score (nSPS) is 11.9. The quantitative estimate of drug-likeness (QED) is 0.440. The van der Waals surface area contributed by atoms with E-state index >= 15 is 0 Å². The molecule has 156 valence electrons. The number of amides is 1. The number of rotatable bonds is 6. The minimum absolute atomic E-state index is 0.0415. The third-order valence-electron chi connectivity index (χ3n) is 5.19. The fraction of sp³-hybridized carbons (Fsp3) is 0.167. The standard InChI is InChI=1S/C24H21N3O3S/c1-3-20(22(29)26-18-11-9-16(10-12-18)15(2)28)27-14-25-23-21(24(27)30)19(13-31-23)17-7-5-4-6-8-17/h4-14,20H,3H2,1-2H3,(H,26,29). The number of Topliss-reactive ketones (excluding diaryl/α,β-unsaturated/α-hetero) is 1. The molecule has 0 aliphatic rings. The summed E-state index contributed by atoms with van der Waals surface area (Å²) in [6, 6.07) is 15.7. The summed E-state index contributed by atoms with van der Waals surface area (Å²) in [7, 11) is 0. The minimum Gasteiger partial charge on any atom is -0.324 e. The fourth-order valence-electron chi connectivity index (χ4n) is 3.52. The first-order valence-electron chi connectivity index (χ1n) is 9.95. The van der Waals surface area contributed by atoms with Gasteiger partial charge in [0.1, 0.15) is 10.9 Å². The van der Waals surface area contributed by atoms with E-state index in [4.69, 9.17) is 0 Å². The van der Waals surface area contributed by atoms with Crippen molar-refractivity contribution in [1.82, 2.24) is 9.55 Å². The van der Waals surface area contributed by atoms with Crippen LogP contribution in [0.2, 0.25) is 0 Å². The number of benzene rings is 2. The molecule has 2 aromatic carbocycles. The molecule has 4 aromatic rings. The maximum Gasteiger partial charge on any atom is 0.263 e. The van der Waals surface area contributed by atoms with Gasteiger partial charge in [0.25, 0.3) is 5.56 Å². The molecule has 7 heteroatoms. The number of nitrogens with zero attached hydrogens (tertiary/aromatic N) is 2. The Kier molecular flexibility index (Phi) is 5.77. The number of carbonyl (C=O) groups excluding carboxylic acids is 2. The molecule has 0 aliphatic carbocycles. The van der Waals surface area contributed by atoms with E-state index in [2.05, 4.69) is 10.3 Å². The van der Waals surface area contributed by atoms with E-state index in [-0.39, 0.29) is 17.2 Å². The molecule has 0 spiro atoms.